The summed E-state index contributed by atoms with van der Waals surface area (Å²) in [5.41, 5.74) is 2.67. The predicted molar refractivity (Wildman–Crippen MR) is 92.9 cm³/mol. The molecule has 0 radical (unpaired) electrons. The largest absolute Gasteiger partial charge is 0.311 e. The number of hydrogen-bond acceptors (Lipinski definition) is 3. The van der Waals surface area contributed by atoms with Crippen molar-refractivity contribution >= 4 is 11.3 Å². The van der Waals surface area contributed by atoms with E-state index in [1.807, 2.05) is 11.3 Å². The van der Waals surface area contributed by atoms with E-state index in [1.165, 1.54) is 16.0 Å². The summed E-state index contributed by atoms with van der Waals surface area (Å²) in [5.74, 6) is 0. The molecule has 2 nitrogen and oxygen atoms in total. The lowest BCUT2D eigenvalue weighted by Crippen LogP contribution is -2.35. The second-order valence-electron chi connectivity index (χ2n) is 5.37. The molecule has 0 aliphatic heterocycles. The molecule has 0 spiro atoms. The monoisotopic (exact) mass is 302 g/mol. The number of nitrogens with one attached hydrogen (secondary N) is 1. The minimum atomic E-state index is 0.477. The topological polar surface area (TPSA) is 15.3 Å². The van der Waals surface area contributed by atoms with Crippen molar-refractivity contribution in [1.82, 2.24) is 10.2 Å². The van der Waals surface area contributed by atoms with Crippen molar-refractivity contribution < 1.29 is 0 Å². The molecular weight excluding hydrogens is 276 g/mol. The molecule has 114 valence electrons. The summed E-state index contributed by atoms with van der Waals surface area (Å²) >= 11 is 1.86. The normalized spacial score (nSPS) is 12.8. The van der Waals surface area contributed by atoms with E-state index in [0.29, 0.717) is 6.04 Å². The van der Waals surface area contributed by atoms with E-state index < -0.39 is 0 Å². The van der Waals surface area contributed by atoms with Gasteiger partial charge in [-0.05, 0) is 37.0 Å². The van der Waals surface area contributed by atoms with Crippen LogP contribution in [0.5, 0.6) is 0 Å². The van der Waals surface area contributed by atoms with Crippen LogP contribution in [0.3, 0.4) is 0 Å². The van der Waals surface area contributed by atoms with Gasteiger partial charge in [-0.15, -0.1) is 11.3 Å². The van der Waals surface area contributed by atoms with Crippen LogP contribution in [-0.4, -0.2) is 24.5 Å². The molecule has 0 saturated carbocycles. The van der Waals surface area contributed by atoms with Crippen molar-refractivity contribution in [2.24, 2.45) is 0 Å². The number of likely N-dealkylation sites (N-methyl/N-ethyl adjacent to an activating group) is 1. The molecule has 1 aromatic carbocycles. The Labute approximate surface area is 132 Å². The summed E-state index contributed by atoms with van der Waals surface area (Å²) in [6, 6.07) is 13.7. The zero-order chi connectivity index (χ0) is 15.1. The maximum atomic E-state index is 3.62. The van der Waals surface area contributed by atoms with E-state index in [1.54, 1.807) is 0 Å². The van der Waals surface area contributed by atoms with Crippen molar-refractivity contribution in [3.05, 3.63) is 57.8 Å². The Morgan fingerprint density at radius 1 is 1.10 bits per heavy atom. The molecule has 0 amide bonds. The standard InChI is InChI=1S/C18H26N2S/c1-4-20(5-2)17(18-7-6-12-21-18)14-19-13-16-10-8-15(3)9-11-16/h6-12,17,19H,4-5,13-14H2,1-3H3. The summed E-state index contributed by atoms with van der Waals surface area (Å²) in [6.45, 7) is 10.7. The van der Waals surface area contributed by atoms with Crippen LogP contribution in [0.2, 0.25) is 0 Å². The van der Waals surface area contributed by atoms with Gasteiger partial charge in [0.25, 0.3) is 0 Å². The second-order valence-corrected chi connectivity index (χ2v) is 6.35. The number of hydrogen-bond donors (Lipinski definition) is 1. The Morgan fingerprint density at radius 3 is 2.38 bits per heavy atom. The number of aryl methyl sites for hydroxylation is 1. The first-order valence-corrected chi connectivity index (χ1v) is 8.66. The molecule has 21 heavy (non-hydrogen) atoms. The van der Waals surface area contributed by atoms with E-state index >= 15 is 0 Å². The highest BCUT2D eigenvalue weighted by Gasteiger charge is 2.18. The van der Waals surface area contributed by atoms with E-state index in [2.05, 4.69) is 72.8 Å². The molecule has 0 aliphatic rings. The lowest BCUT2D eigenvalue weighted by molar-refractivity contribution is 0.216. The van der Waals surface area contributed by atoms with Crippen LogP contribution in [-0.2, 0) is 6.54 Å². The Hall–Kier alpha value is -1.16. The summed E-state index contributed by atoms with van der Waals surface area (Å²) < 4.78 is 0. The molecule has 1 atom stereocenters. The average Bonchev–Trinajstić information content (AvgIpc) is 3.02. The fraction of sp³-hybridized carbons (Fsp3) is 0.444. The molecule has 2 aromatic rings. The third kappa shape index (κ3) is 4.67. The van der Waals surface area contributed by atoms with Crippen LogP contribution >= 0.6 is 11.3 Å². The summed E-state index contributed by atoms with van der Waals surface area (Å²) in [4.78, 5) is 3.98. The highest BCUT2D eigenvalue weighted by molar-refractivity contribution is 7.10. The molecule has 1 N–H and O–H groups in total. The van der Waals surface area contributed by atoms with Gasteiger partial charge in [0.2, 0.25) is 0 Å². The fourth-order valence-corrected chi connectivity index (χ4v) is 3.47. The van der Waals surface area contributed by atoms with Crippen molar-refractivity contribution in [3.8, 4) is 0 Å². The Morgan fingerprint density at radius 2 is 1.81 bits per heavy atom. The number of rotatable bonds is 8. The van der Waals surface area contributed by atoms with Gasteiger partial charge in [0, 0.05) is 18.0 Å². The summed E-state index contributed by atoms with van der Waals surface area (Å²) in [6.07, 6.45) is 0. The molecular formula is C18H26N2S. The maximum absolute atomic E-state index is 3.62. The van der Waals surface area contributed by atoms with Crippen LogP contribution in [0.1, 0.15) is 35.9 Å². The highest BCUT2D eigenvalue weighted by atomic mass is 32.1. The van der Waals surface area contributed by atoms with E-state index in [4.69, 9.17) is 0 Å². The van der Waals surface area contributed by atoms with Gasteiger partial charge in [-0.1, -0.05) is 49.7 Å². The zero-order valence-corrected chi connectivity index (χ0v) is 14.1. The summed E-state index contributed by atoms with van der Waals surface area (Å²) in [7, 11) is 0. The van der Waals surface area contributed by atoms with Gasteiger partial charge in [0.05, 0.1) is 6.04 Å². The zero-order valence-electron chi connectivity index (χ0n) is 13.3. The van der Waals surface area contributed by atoms with Gasteiger partial charge in [-0.2, -0.15) is 0 Å². The molecule has 2 rings (SSSR count). The Kier molecular flexibility index (Phi) is 6.43. The number of benzene rings is 1. The average molecular weight is 302 g/mol. The van der Waals surface area contributed by atoms with Crippen LogP contribution in [0.25, 0.3) is 0 Å². The highest BCUT2D eigenvalue weighted by Crippen LogP contribution is 2.24. The second kappa shape index (κ2) is 8.32. The van der Waals surface area contributed by atoms with Gasteiger partial charge in [-0.3, -0.25) is 4.90 Å². The molecule has 1 aromatic heterocycles. The van der Waals surface area contributed by atoms with Gasteiger partial charge in [-0.25, -0.2) is 0 Å². The van der Waals surface area contributed by atoms with Crippen LogP contribution < -0.4 is 5.32 Å². The summed E-state index contributed by atoms with van der Waals surface area (Å²) in [5, 5.41) is 5.80. The van der Waals surface area contributed by atoms with Crippen molar-refractivity contribution in [2.75, 3.05) is 19.6 Å². The molecule has 0 bridgehead atoms. The van der Waals surface area contributed by atoms with Crippen LogP contribution in [0.4, 0.5) is 0 Å². The van der Waals surface area contributed by atoms with Crippen molar-refractivity contribution in [2.45, 2.75) is 33.4 Å². The molecule has 1 unspecified atom stereocenters. The smallest absolute Gasteiger partial charge is 0.0566 e. The minimum Gasteiger partial charge on any atom is -0.311 e. The number of thiophene rings is 1. The van der Waals surface area contributed by atoms with Crippen molar-refractivity contribution in [1.29, 1.82) is 0 Å². The SMILES string of the molecule is CCN(CC)C(CNCc1ccc(C)cc1)c1cccs1. The lowest BCUT2D eigenvalue weighted by atomic mass is 10.1. The van der Waals surface area contributed by atoms with Gasteiger partial charge in [0.15, 0.2) is 0 Å². The van der Waals surface area contributed by atoms with Gasteiger partial charge >= 0.3 is 0 Å². The third-order valence-corrected chi connectivity index (χ3v) is 4.89. The molecule has 3 heteroatoms. The minimum absolute atomic E-state index is 0.477. The first kappa shape index (κ1) is 16.2. The van der Waals surface area contributed by atoms with E-state index in [0.717, 1.165) is 26.2 Å². The molecule has 0 aliphatic carbocycles. The fourth-order valence-electron chi connectivity index (χ4n) is 2.61. The molecule has 0 fully saturated rings. The quantitative estimate of drug-likeness (QED) is 0.785. The third-order valence-electron chi connectivity index (χ3n) is 3.91. The molecule has 1 heterocycles. The maximum Gasteiger partial charge on any atom is 0.0566 e. The lowest BCUT2D eigenvalue weighted by Gasteiger charge is -2.29. The van der Waals surface area contributed by atoms with Crippen LogP contribution in [0.15, 0.2) is 41.8 Å². The van der Waals surface area contributed by atoms with Gasteiger partial charge in [0.1, 0.15) is 0 Å². The predicted octanol–water partition coefficient (Wildman–Crippen LogP) is 4.23. The Balaban J connectivity index is 1.94. The van der Waals surface area contributed by atoms with E-state index in [-0.39, 0.29) is 0 Å². The Bertz CT molecular complexity index is 501. The van der Waals surface area contributed by atoms with Crippen molar-refractivity contribution in [3.63, 3.8) is 0 Å². The van der Waals surface area contributed by atoms with Gasteiger partial charge < -0.3 is 5.32 Å². The first-order valence-electron chi connectivity index (χ1n) is 7.78. The first-order chi connectivity index (χ1) is 10.2. The number of nitrogens with zero attached hydrogens (tertiary/aromatic N) is 1. The molecule has 0 saturated heterocycles. The van der Waals surface area contributed by atoms with Crippen LogP contribution in [0, 0.1) is 6.92 Å². The van der Waals surface area contributed by atoms with E-state index in [9.17, 15) is 0 Å².